The van der Waals surface area contributed by atoms with Crippen LogP contribution in [0.15, 0.2) is 42.5 Å². The van der Waals surface area contributed by atoms with E-state index in [1.165, 1.54) is 12.8 Å². The van der Waals surface area contributed by atoms with Crippen LogP contribution in [0, 0.1) is 11.8 Å². The van der Waals surface area contributed by atoms with E-state index in [0.717, 1.165) is 17.2 Å². The van der Waals surface area contributed by atoms with E-state index in [4.69, 9.17) is 12.2 Å². The third kappa shape index (κ3) is 4.28. The summed E-state index contributed by atoms with van der Waals surface area (Å²) in [6.07, 6.45) is 3.61. The van der Waals surface area contributed by atoms with Crippen LogP contribution in [0.25, 0.3) is 10.8 Å². The van der Waals surface area contributed by atoms with Crippen molar-refractivity contribution in [3.63, 3.8) is 0 Å². The Morgan fingerprint density at radius 3 is 2.60 bits per heavy atom. The highest BCUT2D eigenvalue weighted by Gasteiger charge is 2.27. The van der Waals surface area contributed by atoms with Gasteiger partial charge in [-0.1, -0.05) is 57.0 Å². The van der Waals surface area contributed by atoms with Crippen LogP contribution in [0.4, 0.5) is 0 Å². The summed E-state index contributed by atoms with van der Waals surface area (Å²) in [7, 11) is 0. The van der Waals surface area contributed by atoms with Crippen LogP contribution < -0.4 is 16.2 Å². The molecule has 0 aromatic heterocycles. The Hall–Kier alpha value is -2.14. The molecule has 0 heterocycles. The zero-order valence-corrected chi connectivity index (χ0v) is 15.5. The standard InChI is InChI=1S/C20H25N3OS/c1-13-6-5-9-18(14(13)2)21-20(25)23-22-19(24)17-11-10-15-7-3-4-8-16(15)12-17/h3-4,7-8,10-14,18H,5-6,9H2,1-2H3,(H,22,24)(H2,21,23,25)/t13-,14+,18-/m0/s1. The highest BCUT2D eigenvalue weighted by Crippen LogP contribution is 2.29. The Balaban J connectivity index is 1.55. The Labute approximate surface area is 154 Å². The van der Waals surface area contributed by atoms with Gasteiger partial charge < -0.3 is 5.32 Å². The van der Waals surface area contributed by atoms with Gasteiger partial charge in [-0.3, -0.25) is 15.6 Å². The van der Waals surface area contributed by atoms with Gasteiger partial charge in [0.25, 0.3) is 5.91 Å². The van der Waals surface area contributed by atoms with Gasteiger partial charge >= 0.3 is 0 Å². The lowest BCUT2D eigenvalue weighted by molar-refractivity contribution is 0.0943. The molecule has 0 unspecified atom stereocenters. The maximum absolute atomic E-state index is 12.3. The molecule has 3 N–H and O–H groups in total. The normalized spacial score (nSPS) is 23.0. The maximum atomic E-state index is 12.3. The van der Waals surface area contributed by atoms with Crippen molar-refractivity contribution >= 4 is 34.0 Å². The van der Waals surface area contributed by atoms with Crippen molar-refractivity contribution in [3.05, 3.63) is 48.0 Å². The molecular formula is C20H25N3OS. The molecule has 3 rings (SSSR count). The van der Waals surface area contributed by atoms with E-state index in [-0.39, 0.29) is 5.91 Å². The van der Waals surface area contributed by atoms with Gasteiger partial charge in [0.2, 0.25) is 0 Å². The number of carbonyl (C=O) groups is 1. The summed E-state index contributed by atoms with van der Waals surface area (Å²) in [6, 6.07) is 14.0. The molecule has 1 amide bonds. The van der Waals surface area contributed by atoms with Gasteiger partial charge in [-0.15, -0.1) is 0 Å². The van der Waals surface area contributed by atoms with E-state index in [1.807, 2.05) is 42.5 Å². The minimum Gasteiger partial charge on any atom is -0.358 e. The molecule has 2 aromatic carbocycles. The van der Waals surface area contributed by atoms with Crippen LogP contribution in [0.5, 0.6) is 0 Å². The summed E-state index contributed by atoms with van der Waals surface area (Å²) < 4.78 is 0. The van der Waals surface area contributed by atoms with Gasteiger partial charge in [-0.05, 0) is 53.4 Å². The van der Waals surface area contributed by atoms with E-state index >= 15 is 0 Å². The monoisotopic (exact) mass is 355 g/mol. The number of hydrazine groups is 1. The first kappa shape index (κ1) is 17.7. The predicted molar refractivity (Wildman–Crippen MR) is 106 cm³/mol. The van der Waals surface area contributed by atoms with E-state index in [1.54, 1.807) is 0 Å². The highest BCUT2D eigenvalue weighted by molar-refractivity contribution is 7.80. The fourth-order valence-electron chi connectivity index (χ4n) is 3.51. The van der Waals surface area contributed by atoms with Crippen molar-refractivity contribution in [1.29, 1.82) is 0 Å². The molecule has 2 aromatic rings. The second-order valence-corrected chi connectivity index (χ2v) is 7.40. The summed E-state index contributed by atoms with van der Waals surface area (Å²) in [5.74, 6) is 1.07. The number of carbonyl (C=O) groups excluding carboxylic acids is 1. The number of hydrogen-bond donors (Lipinski definition) is 3. The lowest BCUT2D eigenvalue weighted by Crippen LogP contribution is -2.52. The zero-order chi connectivity index (χ0) is 17.8. The van der Waals surface area contributed by atoms with E-state index in [2.05, 4.69) is 30.0 Å². The summed E-state index contributed by atoms with van der Waals surface area (Å²) in [6.45, 7) is 4.55. The highest BCUT2D eigenvalue weighted by atomic mass is 32.1. The molecule has 0 aliphatic heterocycles. The topological polar surface area (TPSA) is 53.2 Å². The fraction of sp³-hybridized carbons (Fsp3) is 0.400. The Kier molecular flexibility index (Phi) is 5.53. The molecule has 25 heavy (non-hydrogen) atoms. The lowest BCUT2D eigenvalue weighted by atomic mass is 9.78. The van der Waals surface area contributed by atoms with Crippen LogP contribution in [0.3, 0.4) is 0 Å². The summed E-state index contributed by atoms with van der Waals surface area (Å²) >= 11 is 5.33. The molecule has 1 aliphatic carbocycles. The molecular weight excluding hydrogens is 330 g/mol. The summed E-state index contributed by atoms with van der Waals surface area (Å²) in [5.41, 5.74) is 6.12. The number of benzene rings is 2. The Bertz CT molecular complexity index is 776. The molecule has 1 aliphatic rings. The number of hydrogen-bond acceptors (Lipinski definition) is 2. The molecule has 4 nitrogen and oxygen atoms in total. The Morgan fingerprint density at radius 2 is 1.80 bits per heavy atom. The maximum Gasteiger partial charge on any atom is 0.269 e. The van der Waals surface area contributed by atoms with Crippen molar-refractivity contribution < 1.29 is 4.79 Å². The second-order valence-electron chi connectivity index (χ2n) is 6.99. The smallest absolute Gasteiger partial charge is 0.269 e. The molecule has 0 radical (unpaired) electrons. The van der Waals surface area contributed by atoms with Crippen LogP contribution in [0.1, 0.15) is 43.5 Å². The zero-order valence-electron chi connectivity index (χ0n) is 14.7. The fourth-order valence-corrected chi connectivity index (χ4v) is 3.71. The molecule has 3 atom stereocenters. The molecule has 0 spiro atoms. The number of rotatable bonds is 2. The third-order valence-corrected chi connectivity index (χ3v) is 5.54. The SMILES string of the molecule is C[C@H]1[C@@H](NC(=S)NNC(=O)c2ccc3ccccc3c2)CCC[C@@H]1C. The van der Waals surface area contributed by atoms with Crippen molar-refractivity contribution in [3.8, 4) is 0 Å². The van der Waals surface area contributed by atoms with Crippen LogP contribution >= 0.6 is 12.2 Å². The summed E-state index contributed by atoms with van der Waals surface area (Å²) in [5, 5.41) is 5.97. The number of fused-ring (bicyclic) bond motifs is 1. The van der Waals surface area contributed by atoms with E-state index in [0.29, 0.717) is 28.6 Å². The predicted octanol–water partition coefficient (Wildman–Crippen LogP) is 3.77. The van der Waals surface area contributed by atoms with Crippen molar-refractivity contribution in [2.75, 3.05) is 0 Å². The van der Waals surface area contributed by atoms with Gasteiger partial charge in [-0.25, -0.2) is 0 Å². The second kappa shape index (κ2) is 7.83. The quantitative estimate of drug-likeness (QED) is 0.567. The van der Waals surface area contributed by atoms with Crippen molar-refractivity contribution in [2.45, 2.75) is 39.2 Å². The van der Waals surface area contributed by atoms with Crippen molar-refractivity contribution in [1.82, 2.24) is 16.2 Å². The molecule has 132 valence electrons. The summed E-state index contributed by atoms with van der Waals surface area (Å²) in [4.78, 5) is 12.3. The van der Waals surface area contributed by atoms with Gasteiger partial charge in [-0.2, -0.15) is 0 Å². The largest absolute Gasteiger partial charge is 0.358 e. The third-order valence-electron chi connectivity index (χ3n) is 5.32. The molecule has 5 heteroatoms. The average Bonchev–Trinajstić information content (AvgIpc) is 2.63. The van der Waals surface area contributed by atoms with Crippen LogP contribution in [0.2, 0.25) is 0 Å². The first-order valence-electron chi connectivity index (χ1n) is 8.90. The van der Waals surface area contributed by atoms with Crippen molar-refractivity contribution in [2.24, 2.45) is 11.8 Å². The molecule has 0 saturated heterocycles. The molecule has 1 fully saturated rings. The minimum absolute atomic E-state index is 0.194. The Morgan fingerprint density at radius 1 is 1.04 bits per heavy atom. The molecule has 1 saturated carbocycles. The number of nitrogens with one attached hydrogen (secondary N) is 3. The van der Waals surface area contributed by atoms with Gasteiger partial charge in [0.15, 0.2) is 5.11 Å². The average molecular weight is 356 g/mol. The minimum atomic E-state index is -0.194. The molecule has 0 bridgehead atoms. The van der Waals surface area contributed by atoms with Crippen LogP contribution in [-0.2, 0) is 0 Å². The lowest BCUT2D eigenvalue weighted by Gasteiger charge is -2.35. The van der Waals surface area contributed by atoms with Gasteiger partial charge in [0, 0.05) is 11.6 Å². The first-order chi connectivity index (χ1) is 12.0. The van der Waals surface area contributed by atoms with E-state index < -0.39 is 0 Å². The first-order valence-corrected chi connectivity index (χ1v) is 9.31. The van der Waals surface area contributed by atoms with Gasteiger partial charge in [0.05, 0.1) is 0 Å². The number of amides is 1. The number of thiocarbonyl (C=S) groups is 1. The van der Waals surface area contributed by atoms with Crippen LogP contribution in [-0.4, -0.2) is 17.1 Å². The van der Waals surface area contributed by atoms with Gasteiger partial charge in [0.1, 0.15) is 0 Å². The van der Waals surface area contributed by atoms with E-state index in [9.17, 15) is 4.79 Å².